The lowest BCUT2D eigenvalue weighted by atomic mass is 9.85. The zero-order chi connectivity index (χ0) is 15.3. The van der Waals surface area contributed by atoms with Crippen LogP contribution in [-0.4, -0.2) is 36.9 Å². The van der Waals surface area contributed by atoms with Crippen LogP contribution in [0.25, 0.3) is 0 Å². The number of esters is 1. The maximum atomic E-state index is 11.8. The lowest BCUT2D eigenvalue weighted by Gasteiger charge is -2.28. The van der Waals surface area contributed by atoms with Gasteiger partial charge in [-0.1, -0.05) is 26.2 Å². The summed E-state index contributed by atoms with van der Waals surface area (Å²) < 4.78 is 5.58. The second kappa shape index (κ2) is 12.0. The number of unbranched alkanes of at least 4 members (excludes halogenated alkanes) is 2. The number of nitrogens with one attached hydrogen (secondary N) is 1. The highest BCUT2D eigenvalue weighted by Crippen LogP contribution is 2.29. The summed E-state index contributed by atoms with van der Waals surface area (Å²) in [6, 6.07) is 0. The number of ether oxygens (including phenoxy) is 1. The molecule has 124 valence electrons. The lowest BCUT2D eigenvalue weighted by molar-refractivity contribution is -0.151. The smallest absolute Gasteiger partial charge is 0.306 e. The van der Waals surface area contributed by atoms with Gasteiger partial charge in [0.25, 0.3) is 0 Å². The van der Waals surface area contributed by atoms with Gasteiger partial charge in [-0.3, -0.25) is 4.79 Å². The second-order valence-electron chi connectivity index (χ2n) is 6.21. The summed E-state index contributed by atoms with van der Waals surface area (Å²) in [5.41, 5.74) is 0. The van der Waals surface area contributed by atoms with Crippen LogP contribution in [0.4, 0.5) is 0 Å². The topological polar surface area (TPSA) is 58.6 Å². The van der Waals surface area contributed by atoms with E-state index in [1.165, 1.54) is 25.7 Å². The molecule has 2 N–H and O–H groups in total. The highest BCUT2D eigenvalue weighted by atomic mass is 16.5. The first-order valence-corrected chi connectivity index (χ1v) is 8.77. The van der Waals surface area contributed by atoms with Crippen LogP contribution in [0.1, 0.15) is 71.1 Å². The van der Waals surface area contributed by atoms with Crippen molar-refractivity contribution in [1.29, 1.82) is 0 Å². The van der Waals surface area contributed by atoms with Gasteiger partial charge in [-0.15, -0.1) is 0 Å². The molecule has 1 aliphatic carbocycles. The fourth-order valence-corrected chi connectivity index (χ4v) is 3.09. The van der Waals surface area contributed by atoms with Gasteiger partial charge in [-0.25, -0.2) is 0 Å². The number of carbonyl (C=O) groups is 1. The van der Waals surface area contributed by atoms with Crippen molar-refractivity contribution >= 4 is 5.97 Å². The van der Waals surface area contributed by atoms with E-state index < -0.39 is 0 Å². The standard InChI is InChI=1S/C17H33NO3/c1-2-6-15-8-10-16(11-9-15)21-17(20)7-4-3-5-12-18-13-14-19/h15-16,18-19H,2-14H2,1H3. The van der Waals surface area contributed by atoms with Gasteiger partial charge in [0.2, 0.25) is 0 Å². The molecule has 0 heterocycles. The van der Waals surface area contributed by atoms with Gasteiger partial charge in [-0.2, -0.15) is 0 Å². The van der Waals surface area contributed by atoms with E-state index in [9.17, 15) is 4.79 Å². The third kappa shape index (κ3) is 9.10. The molecule has 0 aromatic heterocycles. The summed E-state index contributed by atoms with van der Waals surface area (Å²) in [5.74, 6) is 0.841. The van der Waals surface area contributed by atoms with E-state index in [0.29, 0.717) is 13.0 Å². The third-order valence-electron chi connectivity index (χ3n) is 4.31. The van der Waals surface area contributed by atoms with E-state index >= 15 is 0 Å². The highest BCUT2D eigenvalue weighted by molar-refractivity contribution is 5.69. The summed E-state index contributed by atoms with van der Waals surface area (Å²) in [6.07, 6.45) is 10.9. The van der Waals surface area contributed by atoms with Crippen molar-refractivity contribution in [3.05, 3.63) is 0 Å². The molecule has 1 fully saturated rings. The Bertz CT molecular complexity index is 263. The lowest BCUT2D eigenvalue weighted by Crippen LogP contribution is -2.24. The molecule has 1 saturated carbocycles. The average Bonchev–Trinajstić information content (AvgIpc) is 2.49. The van der Waals surface area contributed by atoms with Gasteiger partial charge in [0.1, 0.15) is 6.10 Å². The normalized spacial score (nSPS) is 22.2. The van der Waals surface area contributed by atoms with E-state index in [2.05, 4.69) is 12.2 Å². The Hall–Kier alpha value is -0.610. The summed E-state index contributed by atoms with van der Waals surface area (Å²) in [7, 11) is 0. The van der Waals surface area contributed by atoms with E-state index in [1.807, 2.05) is 0 Å². The molecule has 21 heavy (non-hydrogen) atoms. The first-order valence-electron chi connectivity index (χ1n) is 8.77. The van der Waals surface area contributed by atoms with Crippen LogP contribution >= 0.6 is 0 Å². The minimum atomic E-state index is -0.0164. The van der Waals surface area contributed by atoms with Crippen molar-refractivity contribution < 1.29 is 14.6 Å². The Balaban J connectivity index is 1.96. The van der Waals surface area contributed by atoms with Gasteiger partial charge < -0.3 is 15.2 Å². The fourth-order valence-electron chi connectivity index (χ4n) is 3.09. The molecule has 0 saturated heterocycles. The molecule has 0 atom stereocenters. The number of aliphatic hydroxyl groups excluding tert-OH is 1. The van der Waals surface area contributed by atoms with Gasteiger partial charge >= 0.3 is 5.97 Å². The van der Waals surface area contributed by atoms with E-state index in [0.717, 1.165) is 44.6 Å². The van der Waals surface area contributed by atoms with E-state index in [1.54, 1.807) is 0 Å². The van der Waals surface area contributed by atoms with Gasteiger partial charge in [0.05, 0.1) is 6.61 Å². The van der Waals surface area contributed by atoms with E-state index in [4.69, 9.17) is 9.84 Å². The van der Waals surface area contributed by atoms with Crippen LogP contribution in [0.3, 0.4) is 0 Å². The minimum Gasteiger partial charge on any atom is -0.462 e. The zero-order valence-electron chi connectivity index (χ0n) is 13.6. The molecule has 1 rings (SSSR count). The molecule has 1 aliphatic rings. The third-order valence-corrected chi connectivity index (χ3v) is 4.31. The SMILES string of the molecule is CCCC1CCC(OC(=O)CCCCCNCCO)CC1. The van der Waals surface area contributed by atoms with Crippen LogP contribution in [-0.2, 0) is 9.53 Å². The van der Waals surface area contributed by atoms with Gasteiger partial charge in [0, 0.05) is 13.0 Å². The molecular formula is C17H33NO3. The van der Waals surface area contributed by atoms with E-state index in [-0.39, 0.29) is 18.7 Å². The van der Waals surface area contributed by atoms with Gasteiger partial charge in [-0.05, 0) is 51.0 Å². The predicted octanol–water partition coefficient (Wildman–Crippen LogP) is 3.03. The van der Waals surface area contributed by atoms with Crippen molar-refractivity contribution in [2.24, 2.45) is 5.92 Å². The molecule has 4 nitrogen and oxygen atoms in total. The fraction of sp³-hybridized carbons (Fsp3) is 0.941. The number of hydrogen-bond donors (Lipinski definition) is 2. The quantitative estimate of drug-likeness (QED) is 0.455. The van der Waals surface area contributed by atoms with Crippen LogP contribution in [0, 0.1) is 5.92 Å². The average molecular weight is 299 g/mol. The first-order chi connectivity index (χ1) is 10.3. The monoisotopic (exact) mass is 299 g/mol. The molecule has 0 aromatic rings. The molecule has 0 spiro atoms. The van der Waals surface area contributed by atoms with Crippen LogP contribution in [0.2, 0.25) is 0 Å². The molecule has 0 aromatic carbocycles. The maximum absolute atomic E-state index is 11.8. The molecule has 0 unspecified atom stereocenters. The molecule has 0 amide bonds. The Kier molecular flexibility index (Phi) is 10.5. The maximum Gasteiger partial charge on any atom is 0.306 e. The van der Waals surface area contributed by atoms with Gasteiger partial charge in [0.15, 0.2) is 0 Å². The molecule has 0 bridgehead atoms. The first kappa shape index (κ1) is 18.4. The zero-order valence-corrected chi connectivity index (χ0v) is 13.6. The summed E-state index contributed by atoms with van der Waals surface area (Å²) in [4.78, 5) is 11.8. The minimum absolute atomic E-state index is 0.0164. The number of rotatable bonds is 11. The molecule has 0 radical (unpaired) electrons. The van der Waals surface area contributed by atoms with Crippen LogP contribution in [0.15, 0.2) is 0 Å². The van der Waals surface area contributed by atoms with Crippen molar-refractivity contribution in [2.75, 3.05) is 19.7 Å². The Labute approximate surface area is 129 Å². The molecule has 0 aliphatic heterocycles. The van der Waals surface area contributed by atoms with Crippen molar-refractivity contribution in [2.45, 2.75) is 77.2 Å². The summed E-state index contributed by atoms with van der Waals surface area (Å²) >= 11 is 0. The number of aliphatic hydroxyl groups is 1. The Morgan fingerprint density at radius 3 is 2.57 bits per heavy atom. The summed E-state index contributed by atoms with van der Waals surface area (Å²) in [5, 5.41) is 11.8. The largest absolute Gasteiger partial charge is 0.462 e. The predicted molar refractivity (Wildman–Crippen MR) is 85.2 cm³/mol. The Morgan fingerprint density at radius 2 is 1.90 bits per heavy atom. The van der Waals surface area contributed by atoms with Crippen LogP contribution in [0.5, 0.6) is 0 Å². The number of carbonyl (C=O) groups excluding carboxylic acids is 1. The highest BCUT2D eigenvalue weighted by Gasteiger charge is 2.23. The van der Waals surface area contributed by atoms with Crippen molar-refractivity contribution in [3.63, 3.8) is 0 Å². The Morgan fingerprint density at radius 1 is 1.14 bits per heavy atom. The van der Waals surface area contributed by atoms with Crippen LogP contribution < -0.4 is 5.32 Å². The molecular weight excluding hydrogens is 266 g/mol. The number of hydrogen-bond acceptors (Lipinski definition) is 4. The second-order valence-corrected chi connectivity index (χ2v) is 6.21. The van der Waals surface area contributed by atoms with Crippen molar-refractivity contribution in [1.82, 2.24) is 5.32 Å². The molecule has 4 heteroatoms. The summed E-state index contributed by atoms with van der Waals surface area (Å²) in [6.45, 7) is 4.00. The van der Waals surface area contributed by atoms with Crippen molar-refractivity contribution in [3.8, 4) is 0 Å².